The van der Waals surface area contributed by atoms with Gasteiger partial charge in [-0.25, -0.2) is 17.9 Å². The summed E-state index contributed by atoms with van der Waals surface area (Å²) in [6.45, 7) is 0.229. The molecule has 0 spiro atoms. The second-order valence-corrected chi connectivity index (χ2v) is 6.66. The molecule has 1 aromatic carbocycles. The van der Waals surface area contributed by atoms with Gasteiger partial charge in [-0.15, -0.1) is 0 Å². The molecule has 6 nitrogen and oxygen atoms in total. The van der Waals surface area contributed by atoms with Crippen LogP contribution in [0, 0.1) is 0 Å². The molecule has 0 unspecified atom stereocenters. The molecule has 0 aliphatic heterocycles. The van der Waals surface area contributed by atoms with E-state index in [9.17, 15) is 13.2 Å². The van der Waals surface area contributed by atoms with E-state index in [1.165, 1.54) is 24.3 Å². The number of rotatable bonds is 6. The van der Waals surface area contributed by atoms with Gasteiger partial charge < -0.3 is 9.84 Å². The Bertz CT molecular complexity index is 584. The standard InChI is InChI=1S/C13H17NO5S/c1-19-13(7-2-8-13)9-14-20(17,18)11-5-3-10(4-6-11)12(15)16/h3-6,14H,2,7-9H2,1H3,(H,15,16). The van der Waals surface area contributed by atoms with Crippen molar-refractivity contribution in [3.05, 3.63) is 29.8 Å². The van der Waals surface area contributed by atoms with Crippen LogP contribution in [0.1, 0.15) is 29.6 Å². The third kappa shape index (κ3) is 3.00. The second-order valence-electron chi connectivity index (χ2n) is 4.89. The number of benzene rings is 1. The van der Waals surface area contributed by atoms with Gasteiger partial charge in [0.1, 0.15) is 0 Å². The molecule has 1 aromatic rings. The van der Waals surface area contributed by atoms with E-state index in [1.807, 2.05) is 0 Å². The molecule has 1 aliphatic carbocycles. The average Bonchev–Trinajstić information content (AvgIpc) is 2.38. The Morgan fingerprint density at radius 2 is 1.95 bits per heavy atom. The first-order chi connectivity index (χ1) is 9.38. The van der Waals surface area contributed by atoms with E-state index in [0.29, 0.717) is 0 Å². The minimum absolute atomic E-state index is 0.0491. The number of carbonyl (C=O) groups is 1. The number of methoxy groups -OCH3 is 1. The van der Waals surface area contributed by atoms with E-state index in [2.05, 4.69) is 4.72 Å². The van der Waals surface area contributed by atoms with Crippen molar-refractivity contribution in [2.45, 2.75) is 29.8 Å². The Morgan fingerprint density at radius 3 is 2.35 bits per heavy atom. The predicted octanol–water partition coefficient (Wildman–Crippen LogP) is 1.23. The van der Waals surface area contributed by atoms with Crippen LogP contribution in [0.25, 0.3) is 0 Å². The molecule has 20 heavy (non-hydrogen) atoms. The predicted molar refractivity (Wildman–Crippen MR) is 72.2 cm³/mol. The Kier molecular flexibility index (Phi) is 4.12. The van der Waals surface area contributed by atoms with Crippen LogP contribution in [-0.4, -0.2) is 38.7 Å². The van der Waals surface area contributed by atoms with Crippen LogP contribution in [0.4, 0.5) is 0 Å². The highest BCUT2D eigenvalue weighted by molar-refractivity contribution is 7.89. The molecule has 2 N–H and O–H groups in total. The quantitative estimate of drug-likeness (QED) is 0.824. The van der Waals surface area contributed by atoms with Gasteiger partial charge >= 0.3 is 5.97 Å². The van der Waals surface area contributed by atoms with Crippen LogP contribution >= 0.6 is 0 Å². The molecule has 0 atom stereocenters. The summed E-state index contributed by atoms with van der Waals surface area (Å²) < 4.78 is 32.1. The first-order valence-corrected chi connectivity index (χ1v) is 7.75. The lowest BCUT2D eigenvalue weighted by Gasteiger charge is -2.40. The largest absolute Gasteiger partial charge is 0.478 e. The zero-order valence-corrected chi connectivity index (χ0v) is 11.9. The van der Waals surface area contributed by atoms with Gasteiger partial charge in [-0.05, 0) is 43.5 Å². The summed E-state index contributed by atoms with van der Waals surface area (Å²) in [5.74, 6) is -1.09. The van der Waals surface area contributed by atoms with Gasteiger partial charge in [0.05, 0.1) is 16.1 Å². The summed E-state index contributed by atoms with van der Waals surface area (Å²) in [6.07, 6.45) is 2.71. The maximum Gasteiger partial charge on any atom is 0.335 e. The van der Waals surface area contributed by atoms with Gasteiger partial charge in [-0.3, -0.25) is 0 Å². The number of hydrogen-bond acceptors (Lipinski definition) is 4. The number of aromatic carboxylic acids is 1. The van der Waals surface area contributed by atoms with Gasteiger partial charge in [-0.2, -0.15) is 0 Å². The van der Waals surface area contributed by atoms with Crippen molar-refractivity contribution in [2.24, 2.45) is 0 Å². The summed E-state index contributed by atoms with van der Waals surface area (Å²) in [4.78, 5) is 10.8. The first kappa shape index (κ1) is 15.0. The molecule has 0 bridgehead atoms. The molecule has 0 amide bonds. The molecular weight excluding hydrogens is 282 g/mol. The van der Waals surface area contributed by atoms with E-state index >= 15 is 0 Å². The fraction of sp³-hybridized carbons (Fsp3) is 0.462. The highest BCUT2D eigenvalue weighted by Gasteiger charge is 2.38. The van der Waals surface area contributed by atoms with E-state index in [1.54, 1.807) is 7.11 Å². The third-order valence-electron chi connectivity index (χ3n) is 3.69. The van der Waals surface area contributed by atoms with Crippen LogP contribution in [0.15, 0.2) is 29.2 Å². The Morgan fingerprint density at radius 1 is 1.35 bits per heavy atom. The lowest BCUT2D eigenvalue weighted by atomic mass is 9.80. The molecule has 0 saturated heterocycles. The van der Waals surface area contributed by atoms with Gasteiger partial charge in [0, 0.05) is 13.7 Å². The molecular formula is C13H17NO5S. The summed E-state index contributed by atoms with van der Waals surface area (Å²) in [6, 6.07) is 5.11. The van der Waals surface area contributed by atoms with Crippen LogP contribution in [0.5, 0.6) is 0 Å². The van der Waals surface area contributed by atoms with E-state index in [0.717, 1.165) is 19.3 Å². The van der Waals surface area contributed by atoms with Crippen LogP contribution in [0.2, 0.25) is 0 Å². The molecule has 0 heterocycles. The zero-order valence-electron chi connectivity index (χ0n) is 11.1. The van der Waals surface area contributed by atoms with Gasteiger partial charge in [0.15, 0.2) is 0 Å². The minimum atomic E-state index is -3.65. The highest BCUT2D eigenvalue weighted by Crippen LogP contribution is 2.34. The maximum absolute atomic E-state index is 12.1. The smallest absolute Gasteiger partial charge is 0.335 e. The molecule has 1 aliphatic rings. The minimum Gasteiger partial charge on any atom is -0.478 e. The number of hydrogen-bond donors (Lipinski definition) is 2. The summed E-state index contributed by atoms with van der Waals surface area (Å²) in [7, 11) is -2.07. The van der Waals surface area contributed by atoms with Crippen LogP contribution < -0.4 is 4.72 Å². The summed E-state index contributed by atoms with van der Waals surface area (Å²) in [5.41, 5.74) is -0.343. The van der Waals surface area contributed by atoms with Crippen molar-refractivity contribution in [3.8, 4) is 0 Å². The molecule has 1 fully saturated rings. The fourth-order valence-corrected chi connectivity index (χ4v) is 3.22. The molecule has 110 valence electrons. The molecule has 0 aromatic heterocycles. The Hall–Kier alpha value is -1.44. The molecule has 7 heteroatoms. The molecule has 1 saturated carbocycles. The number of nitrogens with one attached hydrogen (secondary N) is 1. The normalized spacial score (nSPS) is 17.4. The number of ether oxygens (including phenoxy) is 1. The fourth-order valence-electron chi connectivity index (χ4n) is 2.11. The third-order valence-corrected chi connectivity index (χ3v) is 5.11. The lowest BCUT2D eigenvalue weighted by Crippen LogP contribution is -2.49. The Labute approximate surface area is 117 Å². The average molecular weight is 299 g/mol. The number of sulfonamides is 1. The topological polar surface area (TPSA) is 92.7 Å². The maximum atomic E-state index is 12.1. The van der Waals surface area contributed by atoms with Crippen molar-refractivity contribution in [2.75, 3.05) is 13.7 Å². The SMILES string of the molecule is COC1(CNS(=O)(=O)c2ccc(C(=O)O)cc2)CCC1. The van der Waals surface area contributed by atoms with Gasteiger partial charge in [-0.1, -0.05) is 0 Å². The van der Waals surface area contributed by atoms with Gasteiger partial charge in [0.2, 0.25) is 10.0 Å². The highest BCUT2D eigenvalue weighted by atomic mass is 32.2. The number of carboxylic acid groups (broad SMARTS) is 1. The van der Waals surface area contributed by atoms with Crippen molar-refractivity contribution >= 4 is 16.0 Å². The molecule has 0 radical (unpaired) electrons. The summed E-state index contributed by atoms with van der Waals surface area (Å²) >= 11 is 0. The van der Waals surface area contributed by atoms with Crippen molar-refractivity contribution in [3.63, 3.8) is 0 Å². The van der Waals surface area contributed by atoms with E-state index < -0.39 is 21.6 Å². The Balaban J connectivity index is 2.08. The zero-order chi connectivity index (χ0) is 14.8. The lowest BCUT2D eigenvalue weighted by molar-refractivity contribution is -0.0659. The van der Waals surface area contributed by atoms with Gasteiger partial charge in [0.25, 0.3) is 0 Å². The van der Waals surface area contributed by atoms with E-state index in [-0.39, 0.29) is 17.0 Å². The van der Waals surface area contributed by atoms with Crippen molar-refractivity contribution < 1.29 is 23.1 Å². The van der Waals surface area contributed by atoms with Crippen molar-refractivity contribution in [1.29, 1.82) is 0 Å². The molecule has 2 rings (SSSR count). The van der Waals surface area contributed by atoms with Crippen molar-refractivity contribution in [1.82, 2.24) is 4.72 Å². The first-order valence-electron chi connectivity index (χ1n) is 6.27. The van der Waals surface area contributed by atoms with Crippen LogP contribution in [0.3, 0.4) is 0 Å². The second kappa shape index (κ2) is 5.51. The summed E-state index contributed by atoms with van der Waals surface area (Å²) in [5, 5.41) is 8.78. The monoisotopic (exact) mass is 299 g/mol. The number of carboxylic acids is 1. The van der Waals surface area contributed by atoms with E-state index in [4.69, 9.17) is 9.84 Å². The van der Waals surface area contributed by atoms with Crippen LogP contribution in [-0.2, 0) is 14.8 Å².